The average Bonchev–Trinajstić information content (AvgIpc) is 2.26. The molecule has 0 bridgehead atoms. The molecule has 0 amide bonds. The first kappa shape index (κ1) is 15.9. The SMILES string of the molecule is CCC1COC(C)CN1CC(C)CNC(C)(C)C. The van der Waals surface area contributed by atoms with E-state index in [1.54, 1.807) is 0 Å². The Morgan fingerprint density at radius 3 is 2.61 bits per heavy atom. The monoisotopic (exact) mass is 256 g/mol. The van der Waals surface area contributed by atoms with Crippen molar-refractivity contribution in [2.75, 3.05) is 26.2 Å². The summed E-state index contributed by atoms with van der Waals surface area (Å²) in [6, 6.07) is 0.610. The van der Waals surface area contributed by atoms with Gasteiger partial charge in [-0.05, 0) is 46.6 Å². The Bertz CT molecular complexity index is 237. The number of nitrogens with one attached hydrogen (secondary N) is 1. The summed E-state index contributed by atoms with van der Waals surface area (Å²) in [6.07, 6.45) is 1.57. The number of rotatable bonds is 5. The van der Waals surface area contributed by atoms with E-state index in [1.807, 2.05) is 0 Å². The summed E-state index contributed by atoms with van der Waals surface area (Å²) in [5.74, 6) is 0.684. The molecule has 18 heavy (non-hydrogen) atoms. The van der Waals surface area contributed by atoms with Gasteiger partial charge in [-0.2, -0.15) is 0 Å². The van der Waals surface area contributed by atoms with Gasteiger partial charge in [0.2, 0.25) is 0 Å². The van der Waals surface area contributed by atoms with Crippen LogP contribution in [0.5, 0.6) is 0 Å². The van der Waals surface area contributed by atoms with Gasteiger partial charge < -0.3 is 10.1 Å². The van der Waals surface area contributed by atoms with Crippen molar-refractivity contribution >= 4 is 0 Å². The number of hydrogen-bond acceptors (Lipinski definition) is 3. The lowest BCUT2D eigenvalue weighted by Crippen LogP contribution is -2.51. The van der Waals surface area contributed by atoms with Gasteiger partial charge in [-0.3, -0.25) is 4.90 Å². The molecule has 0 aliphatic carbocycles. The van der Waals surface area contributed by atoms with E-state index in [9.17, 15) is 0 Å². The number of morpholine rings is 1. The van der Waals surface area contributed by atoms with E-state index in [0.717, 1.165) is 19.7 Å². The Balaban J connectivity index is 2.38. The van der Waals surface area contributed by atoms with Gasteiger partial charge >= 0.3 is 0 Å². The van der Waals surface area contributed by atoms with E-state index in [2.05, 4.69) is 51.8 Å². The lowest BCUT2D eigenvalue weighted by Gasteiger charge is -2.40. The van der Waals surface area contributed by atoms with Crippen LogP contribution in [0.25, 0.3) is 0 Å². The smallest absolute Gasteiger partial charge is 0.0674 e. The van der Waals surface area contributed by atoms with Crippen LogP contribution in [-0.2, 0) is 4.74 Å². The zero-order valence-corrected chi connectivity index (χ0v) is 13.1. The Hall–Kier alpha value is -0.120. The van der Waals surface area contributed by atoms with Crippen molar-refractivity contribution in [1.29, 1.82) is 0 Å². The maximum atomic E-state index is 5.75. The largest absolute Gasteiger partial charge is 0.376 e. The predicted molar refractivity (Wildman–Crippen MR) is 78.0 cm³/mol. The molecule has 0 aromatic carbocycles. The van der Waals surface area contributed by atoms with Gasteiger partial charge in [0.15, 0.2) is 0 Å². The van der Waals surface area contributed by atoms with Crippen molar-refractivity contribution in [1.82, 2.24) is 10.2 Å². The van der Waals surface area contributed by atoms with Gasteiger partial charge in [0.25, 0.3) is 0 Å². The van der Waals surface area contributed by atoms with Crippen LogP contribution >= 0.6 is 0 Å². The minimum atomic E-state index is 0.219. The van der Waals surface area contributed by atoms with Gasteiger partial charge in [0, 0.05) is 24.7 Å². The molecule has 1 rings (SSSR count). The molecule has 1 saturated heterocycles. The zero-order valence-electron chi connectivity index (χ0n) is 13.1. The van der Waals surface area contributed by atoms with E-state index >= 15 is 0 Å². The molecule has 108 valence electrons. The van der Waals surface area contributed by atoms with E-state index in [1.165, 1.54) is 13.0 Å². The fraction of sp³-hybridized carbons (Fsp3) is 1.00. The zero-order chi connectivity index (χ0) is 13.8. The second-order valence-electron chi connectivity index (χ2n) is 6.90. The maximum Gasteiger partial charge on any atom is 0.0674 e. The van der Waals surface area contributed by atoms with Crippen molar-refractivity contribution in [2.45, 2.75) is 65.6 Å². The van der Waals surface area contributed by atoms with Crippen molar-refractivity contribution in [3.05, 3.63) is 0 Å². The fourth-order valence-electron chi connectivity index (χ4n) is 2.46. The number of hydrogen-bond donors (Lipinski definition) is 1. The third kappa shape index (κ3) is 5.68. The first-order chi connectivity index (χ1) is 8.31. The molecule has 3 atom stereocenters. The molecular weight excluding hydrogens is 224 g/mol. The topological polar surface area (TPSA) is 24.5 Å². The Labute approximate surface area is 113 Å². The summed E-state index contributed by atoms with van der Waals surface area (Å²) in [5.41, 5.74) is 0.219. The van der Waals surface area contributed by atoms with Crippen molar-refractivity contribution in [3.63, 3.8) is 0 Å². The van der Waals surface area contributed by atoms with Crippen LogP contribution in [0.3, 0.4) is 0 Å². The van der Waals surface area contributed by atoms with Gasteiger partial charge in [-0.25, -0.2) is 0 Å². The molecule has 3 heteroatoms. The lowest BCUT2D eigenvalue weighted by molar-refractivity contribution is -0.0599. The first-order valence-corrected chi connectivity index (χ1v) is 7.42. The summed E-state index contributed by atoms with van der Waals surface area (Å²) in [6.45, 7) is 17.7. The molecule has 0 saturated carbocycles. The van der Waals surface area contributed by atoms with E-state index in [-0.39, 0.29) is 5.54 Å². The van der Waals surface area contributed by atoms with Crippen LogP contribution in [0.2, 0.25) is 0 Å². The molecule has 0 radical (unpaired) electrons. The van der Waals surface area contributed by atoms with Crippen LogP contribution in [0.4, 0.5) is 0 Å². The molecule has 1 fully saturated rings. The lowest BCUT2D eigenvalue weighted by atomic mass is 10.0. The molecule has 1 N–H and O–H groups in total. The van der Waals surface area contributed by atoms with Crippen LogP contribution in [0.15, 0.2) is 0 Å². The molecular formula is C15H32N2O. The van der Waals surface area contributed by atoms with Gasteiger partial charge in [-0.15, -0.1) is 0 Å². The van der Waals surface area contributed by atoms with Gasteiger partial charge in [-0.1, -0.05) is 13.8 Å². The normalized spacial score (nSPS) is 28.3. The van der Waals surface area contributed by atoms with Gasteiger partial charge in [0.05, 0.1) is 12.7 Å². The molecule has 1 aliphatic heterocycles. The van der Waals surface area contributed by atoms with E-state index in [0.29, 0.717) is 18.1 Å². The summed E-state index contributed by atoms with van der Waals surface area (Å²) in [4.78, 5) is 2.61. The Morgan fingerprint density at radius 1 is 1.39 bits per heavy atom. The maximum absolute atomic E-state index is 5.75. The fourth-order valence-corrected chi connectivity index (χ4v) is 2.46. The minimum Gasteiger partial charge on any atom is -0.376 e. The number of nitrogens with zero attached hydrogens (tertiary/aromatic N) is 1. The number of ether oxygens (including phenoxy) is 1. The highest BCUT2D eigenvalue weighted by Gasteiger charge is 2.26. The molecule has 0 aromatic rings. The molecule has 0 spiro atoms. The molecule has 3 nitrogen and oxygen atoms in total. The molecule has 0 aromatic heterocycles. The van der Waals surface area contributed by atoms with Crippen LogP contribution < -0.4 is 5.32 Å². The summed E-state index contributed by atoms with van der Waals surface area (Å²) < 4.78 is 5.75. The molecule has 3 unspecified atom stereocenters. The van der Waals surface area contributed by atoms with Crippen molar-refractivity contribution < 1.29 is 4.74 Å². The third-order valence-corrected chi connectivity index (χ3v) is 3.58. The molecule has 1 heterocycles. The Morgan fingerprint density at radius 2 is 2.06 bits per heavy atom. The third-order valence-electron chi connectivity index (χ3n) is 3.58. The van der Waals surface area contributed by atoms with Crippen molar-refractivity contribution in [3.8, 4) is 0 Å². The highest BCUT2D eigenvalue weighted by molar-refractivity contribution is 4.80. The summed E-state index contributed by atoms with van der Waals surface area (Å²) >= 11 is 0. The minimum absolute atomic E-state index is 0.219. The van der Waals surface area contributed by atoms with Crippen LogP contribution in [0, 0.1) is 5.92 Å². The van der Waals surface area contributed by atoms with Crippen LogP contribution in [0.1, 0.15) is 48.0 Å². The van der Waals surface area contributed by atoms with Gasteiger partial charge in [0.1, 0.15) is 0 Å². The predicted octanol–water partition coefficient (Wildman–Crippen LogP) is 2.51. The quantitative estimate of drug-likeness (QED) is 0.818. The van der Waals surface area contributed by atoms with Crippen LogP contribution in [-0.4, -0.2) is 48.8 Å². The Kier molecular flexibility index (Phi) is 6.09. The average molecular weight is 256 g/mol. The highest BCUT2D eigenvalue weighted by Crippen LogP contribution is 2.16. The van der Waals surface area contributed by atoms with Crippen molar-refractivity contribution in [2.24, 2.45) is 5.92 Å². The first-order valence-electron chi connectivity index (χ1n) is 7.42. The summed E-state index contributed by atoms with van der Waals surface area (Å²) in [5, 5.41) is 3.60. The second-order valence-corrected chi connectivity index (χ2v) is 6.90. The second kappa shape index (κ2) is 6.88. The highest BCUT2D eigenvalue weighted by atomic mass is 16.5. The standard InChI is InChI=1S/C15H32N2O/c1-7-14-11-18-13(3)10-17(14)9-12(2)8-16-15(4,5)6/h12-14,16H,7-11H2,1-6H3. The van der Waals surface area contributed by atoms with E-state index in [4.69, 9.17) is 4.74 Å². The summed E-state index contributed by atoms with van der Waals surface area (Å²) in [7, 11) is 0. The van der Waals surface area contributed by atoms with E-state index < -0.39 is 0 Å². The molecule has 1 aliphatic rings.